The van der Waals surface area contributed by atoms with Crippen LogP contribution in [0.5, 0.6) is 0 Å². The lowest BCUT2D eigenvalue weighted by atomic mass is 10.1. The number of nitrogens with two attached hydrogens (primary N) is 1. The van der Waals surface area contributed by atoms with Crippen molar-refractivity contribution in [3.63, 3.8) is 0 Å². The van der Waals surface area contributed by atoms with E-state index in [1.807, 2.05) is 22.9 Å². The fourth-order valence-corrected chi connectivity index (χ4v) is 1.86. The highest BCUT2D eigenvalue weighted by Crippen LogP contribution is 2.21. The minimum absolute atomic E-state index is 0.427. The quantitative estimate of drug-likeness (QED) is 0.856. The zero-order valence-electron chi connectivity index (χ0n) is 10.1. The maximum atomic E-state index is 5.71. The van der Waals surface area contributed by atoms with Crippen LogP contribution in [-0.2, 0) is 13.1 Å². The van der Waals surface area contributed by atoms with Crippen LogP contribution in [0.2, 0.25) is 0 Å². The largest absolute Gasteiger partial charge is 0.325 e. The molecule has 90 valence electrons. The molecule has 0 fully saturated rings. The van der Waals surface area contributed by atoms with E-state index in [9.17, 15) is 0 Å². The Hall–Kier alpha value is -1.68. The lowest BCUT2D eigenvalue weighted by Gasteiger charge is -2.07. The predicted octanol–water partition coefficient (Wildman–Crippen LogP) is 2.20. The second-order valence-electron chi connectivity index (χ2n) is 4.03. The molecule has 0 amide bonds. The van der Waals surface area contributed by atoms with Crippen LogP contribution < -0.4 is 5.73 Å². The van der Waals surface area contributed by atoms with Crippen LogP contribution in [-0.4, -0.2) is 15.0 Å². The summed E-state index contributed by atoms with van der Waals surface area (Å²) >= 11 is 0. The van der Waals surface area contributed by atoms with E-state index in [0.29, 0.717) is 6.54 Å². The Bertz CT molecular complexity index is 462. The summed E-state index contributed by atoms with van der Waals surface area (Å²) in [6, 6.07) is 10.2. The highest BCUT2D eigenvalue weighted by molar-refractivity contribution is 5.61. The third-order valence-corrected chi connectivity index (χ3v) is 2.77. The molecule has 0 aliphatic carbocycles. The van der Waals surface area contributed by atoms with Crippen LogP contribution in [0, 0.1) is 0 Å². The van der Waals surface area contributed by atoms with Gasteiger partial charge in [0.05, 0.1) is 5.69 Å². The highest BCUT2D eigenvalue weighted by Gasteiger charge is 2.12. The Morgan fingerprint density at radius 3 is 2.65 bits per heavy atom. The summed E-state index contributed by atoms with van der Waals surface area (Å²) in [5.74, 6) is 0. The molecule has 0 saturated heterocycles. The standard InChI is InChI=1S/C13H18N4/c1-2-3-9-17-13(12(10-14)15-16-17)11-7-5-4-6-8-11/h4-8H,2-3,9-10,14H2,1H3. The van der Waals surface area contributed by atoms with E-state index in [2.05, 4.69) is 29.4 Å². The molecule has 0 aliphatic heterocycles. The maximum Gasteiger partial charge on any atom is 0.104 e. The molecular weight excluding hydrogens is 212 g/mol. The molecule has 0 unspecified atom stereocenters. The first kappa shape index (κ1) is 11.8. The van der Waals surface area contributed by atoms with Crippen molar-refractivity contribution in [2.45, 2.75) is 32.9 Å². The Labute approximate surface area is 101 Å². The molecule has 0 bridgehead atoms. The van der Waals surface area contributed by atoms with Gasteiger partial charge in [-0.05, 0) is 6.42 Å². The van der Waals surface area contributed by atoms with Gasteiger partial charge in [-0.1, -0.05) is 48.9 Å². The van der Waals surface area contributed by atoms with Gasteiger partial charge in [-0.25, -0.2) is 4.68 Å². The fourth-order valence-electron chi connectivity index (χ4n) is 1.86. The van der Waals surface area contributed by atoms with Crippen LogP contribution >= 0.6 is 0 Å². The first-order valence-corrected chi connectivity index (χ1v) is 6.04. The number of nitrogens with zero attached hydrogens (tertiary/aromatic N) is 3. The number of hydrogen-bond donors (Lipinski definition) is 1. The van der Waals surface area contributed by atoms with E-state index < -0.39 is 0 Å². The second kappa shape index (κ2) is 5.59. The first-order chi connectivity index (χ1) is 8.36. The Kier molecular flexibility index (Phi) is 3.88. The van der Waals surface area contributed by atoms with Crippen LogP contribution in [0.1, 0.15) is 25.5 Å². The Morgan fingerprint density at radius 1 is 1.24 bits per heavy atom. The fraction of sp³-hybridized carbons (Fsp3) is 0.385. The topological polar surface area (TPSA) is 56.7 Å². The van der Waals surface area contributed by atoms with Crippen molar-refractivity contribution in [2.75, 3.05) is 0 Å². The van der Waals surface area contributed by atoms with Crippen molar-refractivity contribution in [3.05, 3.63) is 36.0 Å². The summed E-state index contributed by atoms with van der Waals surface area (Å²) in [6.45, 7) is 3.49. The molecule has 2 rings (SSSR count). The van der Waals surface area contributed by atoms with Gasteiger partial charge in [0.2, 0.25) is 0 Å². The third-order valence-electron chi connectivity index (χ3n) is 2.77. The summed E-state index contributed by atoms with van der Waals surface area (Å²) in [6.07, 6.45) is 2.25. The minimum atomic E-state index is 0.427. The van der Waals surface area contributed by atoms with Gasteiger partial charge in [0.25, 0.3) is 0 Å². The molecule has 0 aliphatic rings. The Morgan fingerprint density at radius 2 is 2.00 bits per heavy atom. The zero-order valence-corrected chi connectivity index (χ0v) is 10.1. The Balaban J connectivity index is 2.39. The smallest absolute Gasteiger partial charge is 0.104 e. The van der Waals surface area contributed by atoms with Crippen molar-refractivity contribution in [1.82, 2.24) is 15.0 Å². The zero-order chi connectivity index (χ0) is 12.1. The molecule has 0 radical (unpaired) electrons. The van der Waals surface area contributed by atoms with Gasteiger partial charge < -0.3 is 5.73 Å². The van der Waals surface area contributed by atoms with Gasteiger partial charge in [0, 0.05) is 18.7 Å². The number of unbranched alkanes of at least 4 members (excludes halogenated alkanes) is 1. The van der Waals surface area contributed by atoms with Crippen molar-refractivity contribution < 1.29 is 0 Å². The van der Waals surface area contributed by atoms with Crippen molar-refractivity contribution in [3.8, 4) is 11.3 Å². The van der Waals surface area contributed by atoms with E-state index >= 15 is 0 Å². The molecular formula is C13H18N4. The van der Waals surface area contributed by atoms with Crippen LogP contribution in [0.25, 0.3) is 11.3 Å². The van der Waals surface area contributed by atoms with Gasteiger partial charge in [-0.15, -0.1) is 5.10 Å². The number of aryl methyl sites for hydroxylation is 1. The number of rotatable bonds is 5. The third kappa shape index (κ3) is 2.53. The van der Waals surface area contributed by atoms with Gasteiger partial charge in [-0.2, -0.15) is 0 Å². The molecule has 4 heteroatoms. The van der Waals surface area contributed by atoms with Crippen LogP contribution in [0.4, 0.5) is 0 Å². The average molecular weight is 230 g/mol. The van der Waals surface area contributed by atoms with Crippen molar-refractivity contribution in [2.24, 2.45) is 5.73 Å². The molecule has 0 atom stereocenters. The first-order valence-electron chi connectivity index (χ1n) is 6.04. The summed E-state index contributed by atoms with van der Waals surface area (Å²) in [5.41, 5.74) is 8.77. The van der Waals surface area contributed by atoms with Crippen molar-refractivity contribution >= 4 is 0 Å². The van der Waals surface area contributed by atoms with E-state index in [4.69, 9.17) is 5.73 Å². The molecule has 1 aromatic heterocycles. The highest BCUT2D eigenvalue weighted by atomic mass is 15.4. The van der Waals surface area contributed by atoms with E-state index in [1.54, 1.807) is 0 Å². The number of benzene rings is 1. The maximum absolute atomic E-state index is 5.71. The lowest BCUT2D eigenvalue weighted by molar-refractivity contribution is 0.557. The number of hydrogen-bond acceptors (Lipinski definition) is 3. The van der Waals surface area contributed by atoms with Crippen LogP contribution in [0.15, 0.2) is 30.3 Å². The SMILES string of the molecule is CCCCn1nnc(CN)c1-c1ccccc1. The summed E-state index contributed by atoms with van der Waals surface area (Å²) in [7, 11) is 0. The monoisotopic (exact) mass is 230 g/mol. The minimum Gasteiger partial charge on any atom is -0.325 e. The van der Waals surface area contributed by atoms with Crippen LogP contribution in [0.3, 0.4) is 0 Å². The van der Waals surface area contributed by atoms with Gasteiger partial charge >= 0.3 is 0 Å². The lowest BCUT2D eigenvalue weighted by Crippen LogP contribution is -2.04. The second-order valence-corrected chi connectivity index (χ2v) is 4.03. The van der Waals surface area contributed by atoms with Gasteiger partial charge in [-0.3, -0.25) is 0 Å². The average Bonchev–Trinajstić information content (AvgIpc) is 2.80. The summed E-state index contributed by atoms with van der Waals surface area (Å²) < 4.78 is 1.96. The molecule has 2 aromatic rings. The summed E-state index contributed by atoms with van der Waals surface area (Å²) in [4.78, 5) is 0. The number of aromatic nitrogens is 3. The molecule has 0 saturated carbocycles. The molecule has 17 heavy (non-hydrogen) atoms. The van der Waals surface area contributed by atoms with Gasteiger partial charge in [0.1, 0.15) is 5.69 Å². The predicted molar refractivity (Wildman–Crippen MR) is 68.3 cm³/mol. The molecule has 4 nitrogen and oxygen atoms in total. The normalized spacial score (nSPS) is 10.7. The van der Waals surface area contributed by atoms with Crippen molar-refractivity contribution in [1.29, 1.82) is 0 Å². The van der Waals surface area contributed by atoms with E-state index in [0.717, 1.165) is 36.3 Å². The molecule has 2 N–H and O–H groups in total. The molecule has 1 aromatic carbocycles. The molecule has 1 heterocycles. The molecule has 0 spiro atoms. The van der Waals surface area contributed by atoms with E-state index in [-0.39, 0.29) is 0 Å². The van der Waals surface area contributed by atoms with E-state index in [1.165, 1.54) is 0 Å². The summed E-state index contributed by atoms with van der Waals surface area (Å²) in [5, 5.41) is 8.34. The van der Waals surface area contributed by atoms with Gasteiger partial charge in [0.15, 0.2) is 0 Å².